The van der Waals surface area contributed by atoms with Crippen LogP contribution >= 0.6 is 0 Å². The van der Waals surface area contributed by atoms with E-state index in [1.807, 2.05) is 24.3 Å². The molecule has 8 fully saturated rings. The van der Waals surface area contributed by atoms with Crippen LogP contribution in [-0.4, -0.2) is 0 Å². The van der Waals surface area contributed by atoms with Crippen molar-refractivity contribution in [2.24, 2.45) is 21.7 Å². The zero-order valence-corrected chi connectivity index (χ0v) is 31.4. The van der Waals surface area contributed by atoms with E-state index in [0.717, 1.165) is 0 Å². The molecule has 4 unspecified atom stereocenters. The van der Waals surface area contributed by atoms with Gasteiger partial charge in [-0.2, -0.15) is 0 Å². The van der Waals surface area contributed by atoms with Crippen molar-refractivity contribution in [3.8, 4) is 0 Å². The molecule has 4 atom stereocenters. The molecule has 8 aliphatic carbocycles. The fraction of sp³-hybridized carbons (Fsp3) is 0.480. The summed E-state index contributed by atoms with van der Waals surface area (Å²) in [7, 11) is 0. The van der Waals surface area contributed by atoms with E-state index >= 15 is 0 Å². The Morgan fingerprint density at radius 3 is 0.920 bits per heavy atom. The molecule has 0 nitrogen and oxygen atoms in total. The largest absolute Gasteiger partial charge is 0.0985 e. The van der Waals surface area contributed by atoms with Crippen LogP contribution in [0.15, 0.2) is 87.0 Å². The van der Waals surface area contributed by atoms with Crippen LogP contribution in [-0.2, 0) is 21.7 Å². The van der Waals surface area contributed by atoms with Gasteiger partial charge < -0.3 is 0 Å². The summed E-state index contributed by atoms with van der Waals surface area (Å²) in [5.74, 6) is 0. The van der Waals surface area contributed by atoms with E-state index in [2.05, 4.69) is 115 Å². The van der Waals surface area contributed by atoms with Gasteiger partial charge in [-0.05, 0) is 177 Å². The van der Waals surface area contributed by atoms with Crippen molar-refractivity contribution in [2.45, 2.75) is 126 Å². The molecule has 8 saturated carbocycles. The Kier molecular flexibility index (Phi) is 6.60. The zero-order valence-electron chi connectivity index (χ0n) is 31.4. The Labute approximate surface area is 302 Å². The summed E-state index contributed by atoms with van der Waals surface area (Å²) >= 11 is 0. The van der Waals surface area contributed by atoms with Crippen LogP contribution in [0.25, 0.3) is 24.3 Å². The van der Waals surface area contributed by atoms with Crippen LogP contribution in [0, 0.1) is 21.7 Å². The number of benzene rings is 3. The summed E-state index contributed by atoms with van der Waals surface area (Å²) in [4.78, 5) is 0. The molecule has 8 bridgehead atoms. The van der Waals surface area contributed by atoms with E-state index in [4.69, 9.17) is 0 Å². The second-order valence-corrected chi connectivity index (χ2v) is 20.7. The lowest BCUT2D eigenvalue weighted by Gasteiger charge is -2.71. The molecule has 0 aliphatic heterocycles. The van der Waals surface area contributed by atoms with Gasteiger partial charge in [-0.1, -0.05) is 127 Å². The van der Waals surface area contributed by atoms with Crippen LogP contribution < -0.4 is 0 Å². The maximum absolute atomic E-state index is 4.18. The second kappa shape index (κ2) is 10.1. The van der Waals surface area contributed by atoms with Crippen molar-refractivity contribution < 1.29 is 0 Å². The minimum Gasteiger partial charge on any atom is -0.0985 e. The van der Waals surface area contributed by atoms with E-state index in [9.17, 15) is 0 Å². The Morgan fingerprint density at radius 2 is 0.640 bits per heavy atom. The molecule has 0 saturated heterocycles. The lowest BCUT2D eigenvalue weighted by Crippen LogP contribution is -2.63. The summed E-state index contributed by atoms with van der Waals surface area (Å²) in [6, 6.07) is 24.7. The van der Waals surface area contributed by atoms with Crippen molar-refractivity contribution in [2.75, 3.05) is 0 Å². The van der Waals surface area contributed by atoms with Crippen LogP contribution in [0.1, 0.15) is 149 Å². The van der Waals surface area contributed by atoms with Crippen molar-refractivity contribution >= 4 is 24.3 Å². The van der Waals surface area contributed by atoms with E-state index in [0.29, 0.717) is 21.7 Å². The van der Waals surface area contributed by atoms with Gasteiger partial charge in [-0.3, -0.25) is 0 Å². The van der Waals surface area contributed by atoms with E-state index in [1.165, 1.54) is 110 Å². The first-order valence-electron chi connectivity index (χ1n) is 19.6. The quantitative estimate of drug-likeness (QED) is 0.226. The minimum atomic E-state index is 0.190. The third-order valence-corrected chi connectivity index (χ3v) is 15.4. The normalized spacial score (nSPS) is 42.0. The molecule has 0 N–H and O–H groups in total. The maximum Gasteiger partial charge on any atom is -0.00277 e. The van der Waals surface area contributed by atoms with Gasteiger partial charge in [-0.25, -0.2) is 0 Å². The van der Waals surface area contributed by atoms with Crippen molar-refractivity contribution in [1.29, 1.82) is 0 Å². The van der Waals surface area contributed by atoms with E-state index < -0.39 is 0 Å². The lowest BCUT2D eigenvalue weighted by molar-refractivity contribution is -0.128. The van der Waals surface area contributed by atoms with E-state index in [-0.39, 0.29) is 21.7 Å². The SMILES string of the molecule is C=Cc1cc(C=C)cc(C23CC4(C)CC(C)(C2)CC(c2cccc(C56CC7(C)CC(C)(CC(c8cc(C=C)cc(C=C)c8)(C7)C5)C6)c2)(C4)C3)c1. The van der Waals surface area contributed by atoms with Gasteiger partial charge >= 0.3 is 0 Å². The molecule has 0 aromatic heterocycles. The maximum atomic E-state index is 4.18. The molecule has 3 aromatic rings. The first-order chi connectivity index (χ1) is 23.6. The van der Waals surface area contributed by atoms with Gasteiger partial charge in [0.2, 0.25) is 0 Å². The number of hydrogen-bond donors (Lipinski definition) is 0. The third-order valence-electron chi connectivity index (χ3n) is 15.4. The van der Waals surface area contributed by atoms with Crippen LogP contribution in [0.3, 0.4) is 0 Å². The predicted octanol–water partition coefficient (Wildman–Crippen LogP) is 13.4. The van der Waals surface area contributed by atoms with Gasteiger partial charge in [0.25, 0.3) is 0 Å². The van der Waals surface area contributed by atoms with Crippen molar-refractivity contribution in [3.63, 3.8) is 0 Å². The average molecular weight is 659 g/mol. The van der Waals surface area contributed by atoms with Gasteiger partial charge in [0.05, 0.1) is 0 Å². The van der Waals surface area contributed by atoms with Gasteiger partial charge in [0.15, 0.2) is 0 Å². The fourth-order valence-corrected chi connectivity index (χ4v) is 16.2. The molecule has 0 radical (unpaired) electrons. The Balaban J connectivity index is 1.17. The standard InChI is InChI=1S/C50H58/c1-9-35-16-36(10-2)19-41(18-35)49-29-43(5)23-44(6,30-49)26-47(25-43,33-49)39-14-13-15-40(22-39)48-27-45(7)24-46(8,28-48)32-50(31-45,34-48)42-20-37(11-3)17-38(12-4)21-42/h9-22H,1-4,23-34H2,5-8H3. The molecule has 0 spiro atoms. The second-order valence-electron chi connectivity index (χ2n) is 20.7. The van der Waals surface area contributed by atoms with Crippen LogP contribution in [0.2, 0.25) is 0 Å². The van der Waals surface area contributed by atoms with Gasteiger partial charge in [0.1, 0.15) is 0 Å². The number of hydrogen-bond acceptors (Lipinski definition) is 0. The zero-order chi connectivity index (χ0) is 35.0. The average Bonchev–Trinajstić information content (AvgIpc) is 3.04. The molecule has 3 aromatic carbocycles. The number of rotatable bonds is 8. The molecular weight excluding hydrogens is 601 g/mol. The first kappa shape index (κ1) is 32.5. The Bertz CT molecular complexity index is 1750. The topological polar surface area (TPSA) is 0 Å². The smallest absolute Gasteiger partial charge is 0.00277 e. The van der Waals surface area contributed by atoms with Crippen LogP contribution in [0.5, 0.6) is 0 Å². The highest BCUT2D eigenvalue weighted by Gasteiger charge is 2.68. The van der Waals surface area contributed by atoms with E-state index in [1.54, 1.807) is 11.1 Å². The summed E-state index contributed by atoms with van der Waals surface area (Å²) < 4.78 is 0. The molecule has 11 rings (SSSR count). The molecule has 50 heavy (non-hydrogen) atoms. The predicted molar refractivity (Wildman–Crippen MR) is 214 cm³/mol. The highest BCUT2D eigenvalue weighted by Crippen LogP contribution is 2.76. The van der Waals surface area contributed by atoms with Crippen molar-refractivity contribution in [1.82, 2.24) is 0 Å². The van der Waals surface area contributed by atoms with Gasteiger partial charge in [-0.15, -0.1) is 0 Å². The fourth-order valence-electron chi connectivity index (χ4n) is 16.2. The van der Waals surface area contributed by atoms with Crippen LogP contribution in [0.4, 0.5) is 0 Å². The first-order valence-corrected chi connectivity index (χ1v) is 19.6. The van der Waals surface area contributed by atoms with Crippen molar-refractivity contribution in [3.05, 3.63) is 131 Å². The summed E-state index contributed by atoms with van der Waals surface area (Å²) in [6.07, 6.45) is 23.9. The Morgan fingerprint density at radius 1 is 0.360 bits per heavy atom. The molecule has 0 heteroatoms. The Hall–Kier alpha value is -3.38. The highest BCUT2D eigenvalue weighted by atomic mass is 14.7. The summed E-state index contributed by atoms with van der Waals surface area (Å²) in [5, 5.41) is 0. The molecular formula is C50H58. The highest BCUT2D eigenvalue weighted by molar-refractivity contribution is 5.61. The lowest BCUT2D eigenvalue weighted by atomic mass is 9.33. The molecule has 0 heterocycles. The minimum absolute atomic E-state index is 0.190. The summed E-state index contributed by atoms with van der Waals surface area (Å²) in [5.41, 5.74) is 13.5. The summed E-state index contributed by atoms with van der Waals surface area (Å²) in [6.45, 7) is 27.3. The van der Waals surface area contributed by atoms with Gasteiger partial charge in [0, 0.05) is 0 Å². The monoisotopic (exact) mass is 658 g/mol. The third kappa shape index (κ3) is 4.68. The molecule has 8 aliphatic rings. The molecule has 0 amide bonds. The molecule has 258 valence electrons.